The molecule has 0 unspecified atom stereocenters. The minimum absolute atomic E-state index is 0.145. The molecule has 0 spiro atoms. The highest BCUT2D eigenvalue weighted by atomic mass is 35.5. The summed E-state index contributed by atoms with van der Waals surface area (Å²) in [6, 6.07) is 10.8. The van der Waals surface area contributed by atoms with Gasteiger partial charge in [-0.25, -0.2) is 9.48 Å². The van der Waals surface area contributed by atoms with Crippen LogP contribution in [-0.2, 0) is 0 Å². The lowest BCUT2D eigenvalue weighted by atomic mass is 10.1. The van der Waals surface area contributed by atoms with Crippen molar-refractivity contribution >= 4 is 22.6 Å². The van der Waals surface area contributed by atoms with Crippen LogP contribution in [0.2, 0.25) is 5.02 Å². The molecular formula is C17H10ClN3O4. The van der Waals surface area contributed by atoms with Crippen LogP contribution in [0.4, 0.5) is 0 Å². The fourth-order valence-electron chi connectivity index (χ4n) is 2.42. The van der Waals surface area contributed by atoms with E-state index in [1.54, 1.807) is 24.4 Å². The Balaban J connectivity index is 1.82. The molecule has 4 aromatic rings. The molecule has 0 radical (unpaired) electrons. The molecule has 8 heteroatoms. The second-order valence-electron chi connectivity index (χ2n) is 5.36. The van der Waals surface area contributed by atoms with Crippen LogP contribution in [-0.4, -0.2) is 25.2 Å². The van der Waals surface area contributed by atoms with E-state index < -0.39 is 5.63 Å². The third kappa shape index (κ3) is 2.70. The highest BCUT2D eigenvalue weighted by Gasteiger charge is 2.13. The fraction of sp³-hybridized carbons (Fsp3) is 0. The van der Waals surface area contributed by atoms with Crippen molar-refractivity contribution in [2.75, 3.05) is 0 Å². The Morgan fingerprint density at radius 1 is 1.08 bits per heavy atom. The van der Waals surface area contributed by atoms with Gasteiger partial charge in [0.05, 0.1) is 11.2 Å². The second kappa shape index (κ2) is 5.64. The van der Waals surface area contributed by atoms with Crippen LogP contribution in [0.25, 0.3) is 27.9 Å². The van der Waals surface area contributed by atoms with Gasteiger partial charge >= 0.3 is 5.63 Å². The Morgan fingerprint density at radius 3 is 2.60 bits per heavy atom. The molecule has 25 heavy (non-hydrogen) atoms. The zero-order valence-electron chi connectivity index (χ0n) is 12.5. The topological polar surface area (TPSA) is 101 Å². The number of phenolic OH excluding ortho intramolecular Hbond substituents is 2. The van der Waals surface area contributed by atoms with Crippen molar-refractivity contribution < 1.29 is 14.6 Å². The summed E-state index contributed by atoms with van der Waals surface area (Å²) in [5.41, 5.74) is 1.02. The maximum atomic E-state index is 12.2. The van der Waals surface area contributed by atoms with E-state index in [1.807, 2.05) is 0 Å². The summed E-state index contributed by atoms with van der Waals surface area (Å²) in [5, 5.41) is 27.6. The van der Waals surface area contributed by atoms with Gasteiger partial charge in [0.25, 0.3) is 0 Å². The lowest BCUT2D eigenvalue weighted by molar-refractivity contribution is 0.473. The van der Waals surface area contributed by atoms with Crippen molar-refractivity contribution in [2.24, 2.45) is 0 Å². The minimum atomic E-state index is -0.628. The van der Waals surface area contributed by atoms with Crippen molar-refractivity contribution in [2.45, 2.75) is 0 Å². The Hall–Kier alpha value is -3.32. The van der Waals surface area contributed by atoms with Gasteiger partial charge in [0.1, 0.15) is 22.8 Å². The number of hydrogen-bond acceptors (Lipinski definition) is 6. The summed E-state index contributed by atoms with van der Waals surface area (Å²) in [4.78, 5) is 12.2. The number of rotatable bonds is 2. The normalized spacial score (nSPS) is 11.1. The summed E-state index contributed by atoms with van der Waals surface area (Å²) in [6.45, 7) is 0. The first-order valence-corrected chi connectivity index (χ1v) is 7.57. The van der Waals surface area contributed by atoms with E-state index >= 15 is 0 Å². The molecule has 2 aromatic carbocycles. The number of phenols is 2. The van der Waals surface area contributed by atoms with E-state index in [0.717, 1.165) is 5.56 Å². The first kappa shape index (κ1) is 15.2. The molecule has 124 valence electrons. The molecule has 0 fully saturated rings. The summed E-state index contributed by atoms with van der Waals surface area (Å²) in [5.74, 6) is -0.0214. The molecular weight excluding hydrogens is 346 g/mol. The first-order valence-electron chi connectivity index (χ1n) is 7.20. The van der Waals surface area contributed by atoms with E-state index in [1.165, 1.54) is 28.9 Å². The largest absolute Gasteiger partial charge is 0.508 e. The Morgan fingerprint density at radius 2 is 1.84 bits per heavy atom. The van der Waals surface area contributed by atoms with E-state index in [-0.39, 0.29) is 27.8 Å². The molecule has 0 aliphatic carbocycles. The standard InChI is InChI=1S/C17H10ClN3O4/c18-12-5-10-6-14(17(24)25-16(10)7-15(12)23)21-8-13(19-20-21)9-1-3-11(22)4-2-9/h1-8,22-23H. The predicted molar refractivity (Wildman–Crippen MR) is 91.2 cm³/mol. The number of halogens is 1. The number of nitrogens with zero attached hydrogens (tertiary/aromatic N) is 3. The molecule has 0 atom stereocenters. The van der Waals surface area contributed by atoms with Gasteiger partial charge in [-0.05, 0) is 36.4 Å². The van der Waals surface area contributed by atoms with Crippen LogP contribution < -0.4 is 5.63 Å². The van der Waals surface area contributed by atoms with E-state index in [0.29, 0.717) is 11.1 Å². The molecule has 2 N–H and O–H groups in total. The van der Waals surface area contributed by atoms with Crippen LogP contribution in [0.15, 0.2) is 57.9 Å². The van der Waals surface area contributed by atoms with Crippen molar-refractivity contribution in [3.8, 4) is 28.4 Å². The number of fused-ring (bicyclic) bond motifs is 1. The molecule has 0 saturated heterocycles. The quantitative estimate of drug-likeness (QED) is 0.536. The second-order valence-corrected chi connectivity index (χ2v) is 5.76. The summed E-state index contributed by atoms with van der Waals surface area (Å²) < 4.78 is 6.52. The molecule has 0 amide bonds. The molecule has 0 aliphatic rings. The Kier molecular flexibility index (Phi) is 3.43. The lowest BCUT2D eigenvalue weighted by Crippen LogP contribution is -2.10. The maximum absolute atomic E-state index is 12.2. The molecule has 0 aliphatic heterocycles. The zero-order valence-corrected chi connectivity index (χ0v) is 13.3. The fourth-order valence-corrected chi connectivity index (χ4v) is 2.60. The molecule has 0 bridgehead atoms. The summed E-state index contributed by atoms with van der Waals surface area (Å²) in [6.07, 6.45) is 1.58. The van der Waals surface area contributed by atoms with E-state index in [2.05, 4.69) is 10.3 Å². The number of aromatic nitrogens is 3. The molecule has 7 nitrogen and oxygen atoms in total. The van der Waals surface area contributed by atoms with Gasteiger partial charge < -0.3 is 14.6 Å². The maximum Gasteiger partial charge on any atom is 0.362 e. The van der Waals surface area contributed by atoms with Crippen LogP contribution in [0.5, 0.6) is 11.5 Å². The summed E-state index contributed by atoms with van der Waals surface area (Å²) >= 11 is 5.90. The van der Waals surface area contributed by atoms with Gasteiger partial charge in [-0.3, -0.25) is 0 Å². The van der Waals surface area contributed by atoms with Gasteiger partial charge in [0.15, 0.2) is 5.69 Å². The van der Waals surface area contributed by atoms with Crippen molar-refractivity contribution in [3.05, 3.63) is 64.1 Å². The van der Waals surface area contributed by atoms with Crippen LogP contribution in [0.3, 0.4) is 0 Å². The number of aromatic hydroxyl groups is 2. The average molecular weight is 356 g/mol. The monoisotopic (exact) mass is 355 g/mol. The molecule has 0 saturated carbocycles. The van der Waals surface area contributed by atoms with Crippen molar-refractivity contribution in [3.63, 3.8) is 0 Å². The van der Waals surface area contributed by atoms with Crippen molar-refractivity contribution in [1.29, 1.82) is 0 Å². The average Bonchev–Trinajstić information content (AvgIpc) is 3.06. The lowest BCUT2D eigenvalue weighted by Gasteiger charge is -2.03. The zero-order chi connectivity index (χ0) is 17.6. The van der Waals surface area contributed by atoms with Gasteiger partial charge in [0.2, 0.25) is 0 Å². The number of hydrogen-bond donors (Lipinski definition) is 2. The molecule has 2 aromatic heterocycles. The van der Waals surface area contributed by atoms with Crippen LogP contribution >= 0.6 is 11.6 Å². The Bertz CT molecular complexity index is 1150. The van der Waals surface area contributed by atoms with Gasteiger partial charge in [-0.2, -0.15) is 0 Å². The van der Waals surface area contributed by atoms with Crippen molar-refractivity contribution in [1.82, 2.24) is 15.0 Å². The SMILES string of the molecule is O=c1oc2cc(O)c(Cl)cc2cc1-n1cc(-c2ccc(O)cc2)nn1. The van der Waals surface area contributed by atoms with Crippen LogP contribution in [0.1, 0.15) is 0 Å². The third-order valence-electron chi connectivity index (χ3n) is 3.69. The smallest absolute Gasteiger partial charge is 0.362 e. The minimum Gasteiger partial charge on any atom is -0.508 e. The highest BCUT2D eigenvalue weighted by molar-refractivity contribution is 6.32. The van der Waals surface area contributed by atoms with Gasteiger partial charge in [0, 0.05) is 17.0 Å². The van der Waals surface area contributed by atoms with Gasteiger partial charge in [-0.1, -0.05) is 16.8 Å². The predicted octanol–water partition coefficient (Wildman–Crippen LogP) is 3.11. The number of benzene rings is 2. The highest BCUT2D eigenvalue weighted by Crippen LogP contribution is 2.29. The molecule has 2 heterocycles. The third-order valence-corrected chi connectivity index (χ3v) is 3.99. The molecule has 4 rings (SSSR count). The van der Waals surface area contributed by atoms with E-state index in [9.17, 15) is 15.0 Å². The van der Waals surface area contributed by atoms with E-state index in [4.69, 9.17) is 16.0 Å². The first-order chi connectivity index (χ1) is 12.0. The Labute approximate surface area is 145 Å². The summed E-state index contributed by atoms with van der Waals surface area (Å²) in [7, 11) is 0. The van der Waals surface area contributed by atoms with Gasteiger partial charge in [-0.15, -0.1) is 5.10 Å². The van der Waals surface area contributed by atoms with Crippen LogP contribution in [0, 0.1) is 0 Å².